The van der Waals surface area contributed by atoms with Crippen LogP contribution in [-0.2, 0) is 10.0 Å². The maximum absolute atomic E-state index is 12.2. The average Bonchev–Trinajstić information content (AvgIpc) is 2.82. The molecule has 20 heavy (non-hydrogen) atoms. The van der Waals surface area contributed by atoms with Gasteiger partial charge in [-0.25, -0.2) is 0 Å². The number of benzene rings is 1. The van der Waals surface area contributed by atoms with Crippen LogP contribution in [0, 0.1) is 0 Å². The summed E-state index contributed by atoms with van der Waals surface area (Å²) in [5.41, 5.74) is 3.28. The molecule has 3 aliphatic rings. The van der Waals surface area contributed by atoms with Gasteiger partial charge in [-0.05, 0) is 41.5 Å². The van der Waals surface area contributed by atoms with Gasteiger partial charge in [-0.2, -0.15) is 8.42 Å². The summed E-state index contributed by atoms with van der Waals surface area (Å²) in [6, 6.07) is 3.93. The smallest absolute Gasteiger partial charge is 0.285 e. The normalized spacial score (nSPS) is 28.8. The number of hydrogen-bond acceptors (Lipinski definition) is 4. The second kappa shape index (κ2) is 3.83. The topological polar surface area (TPSA) is 61.8 Å². The third-order valence-electron chi connectivity index (χ3n) is 4.56. The van der Waals surface area contributed by atoms with Gasteiger partial charge >= 0.3 is 0 Å². The number of nitrogens with zero attached hydrogens (tertiary/aromatic N) is 2. The Labute approximate surface area is 118 Å². The van der Waals surface area contributed by atoms with Crippen molar-refractivity contribution in [3.63, 3.8) is 0 Å². The molecule has 1 fully saturated rings. The van der Waals surface area contributed by atoms with Gasteiger partial charge in [-0.15, -0.1) is 4.40 Å². The maximum atomic E-state index is 12.2. The van der Waals surface area contributed by atoms with E-state index in [2.05, 4.69) is 15.8 Å². The molecule has 2 atom stereocenters. The van der Waals surface area contributed by atoms with Crippen LogP contribution in [0.3, 0.4) is 0 Å². The molecule has 4 rings (SSSR count). The zero-order valence-corrected chi connectivity index (χ0v) is 12.4. The summed E-state index contributed by atoms with van der Waals surface area (Å²) in [7, 11) is 0.136. The van der Waals surface area contributed by atoms with Crippen molar-refractivity contribution in [2.45, 2.75) is 23.2 Å². The van der Waals surface area contributed by atoms with Crippen molar-refractivity contribution in [2.75, 3.05) is 27.2 Å². The van der Waals surface area contributed by atoms with Crippen LogP contribution in [0.1, 0.15) is 34.9 Å². The molecule has 1 aromatic carbocycles. The van der Waals surface area contributed by atoms with Crippen LogP contribution < -0.4 is 5.32 Å². The third kappa shape index (κ3) is 1.52. The predicted molar refractivity (Wildman–Crippen MR) is 76.8 cm³/mol. The van der Waals surface area contributed by atoms with Gasteiger partial charge in [0, 0.05) is 32.7 Å². The quantitative estimate of drug-likeness (QED) is 0.770. The highest BCUT2D eigenvalue weighted by molar-refractivity contribution is 7.90. The lowest BCUT2D eigenvalue weighted by Crippen LogP contribution is -2.28. The van der Waals surface area contributed by atoms with Crippen molar-refractivity contribution in [1.82, 2.24) is 10.2 Å². The van der Waals surface area contributed by atoms with Gasteiger partial charge in [0.2, 0.25) is 0 Å². The van der Waals surface area contributed by atoms with E-state index in [-0.39, 0.29) is 0 Å². The first-order chi connectivity index (χ1) is 9.47. The first kappa shape index (κ1) is 12.3. The molecule has 0 radical (unpaired) electrons. The molecule has 2 heterocycles. The zero-order chi connectivity index (χ0) is 14.1. The first-order valence-electron chi connectivity index (χ1n) is 6.88. The summed E-state index contributed by atoms with van der Waals surface area (Å²) < 4.78 is 28.4. The largest absolute Gasteiger partial charge is 0.362 e. The lowest BCUT2D eigenvalue weighted by Gasteiger charge is -2.19. The molecule has 0 spiro atoms. The Balaban J connectivity index is 1.96. The molecule has 6 heteroatoms. The Morgan fingerprint density at radius 1 is 1.20 bits per heavy atom. The van der Waals surface area contributed by atoms with Gasteiger partial charge in [0.1, 0.15) is 10.7 Å². The number of nitrogens with one attached hydrogen (secondary N) is 1. The fraction of sp³-hybridized carbons (Fsp3) is 0.500. The van der Waals surface area contributed by atoms with Crippen LogP contribution in [0.5, 0.6) is 0 Å². The summed E-state index contributed by atoms with van der Waals surface area (Å²) in [6.45, 7) is 1.94. The zero-order valence-electron chi connectivity index (χ0n) is 11.5. The molecule has 5 nitrogen and oxygen atoms in total. The van der Waals surface area contributed by atoms with Crippen LogP contribution in [0.25, 0.3) is 0 Å². The summed E-state index contributed by atoms with van der Waals surface area (Å²) in [6.07, 6.45) is 1.14. The van der Waals surface area contributed by atoms with E-state index >= 15 is 0 Å². The standard InChI is InChI=1S/C14H17N3O2S/c1-17(2)14-12-4-10-8-3-9(7-15-6-8)11(10)5-13(12)20(18,19)16-14/h4-5,8-9,15H,3,6-7H2,1-2H3. The molecular weight excluding hydrogens is 274 g/mol. The highest BCUT2D eigenvalue weighted by atomic mass is 32.2. The fourth-order valence-corrected chi connectivity index (χ4v) is 4.95. The third-order valence-corrected chi connectivity index (χ3v) is 5.87. The fourth-order valence-electron chi connectivity index (χ4n) is 3.66. The second-order valence-electron chi connectivity index (χ2n) is 6.05. The molecule has 0 saturated carbocycles. The summed E-state index contributed by atoms with van der Waals surface area (Å²) in [4.78, 5) is 2.15. The number of amidine groups is 1. The van der Waals surface area contributed by atoms with Crippen molar-refractivity contribution >= 4 is 15.9 Å². The maximum Gasteiger partial charge on any atom is 0.285 e. The van der Waals surface area contributed by atoms with E-state index in [4.69, 9.17) is 0 Å². The molecule has 0 amide bonds. The summed E-state index contributed by atoms with van der Waals surface area (Å²) in [5.74, 6) is 1.52. The van der Waals surface area contributed by atoms with Gasteiger partial charge in [-0.3, -0.25) is 0 Å². The molecular formula is C14H17N3O2S. The van der Waals surface area contributed by atoms with Crippen LogP contribution in [-0.4, -0.2) is 46.3 Å². The van der Waals surface area contributed by atoms with Crippen LogP contribution >= 0.6 is 0 Å². The number of rotatable bonds is 0. The van der Waals surface area contributed by atoms with E-state index in [0.29, 0.717) is 22.6 Å². The van der Waals surface area contributed by atoms with E-state index in [0.717, 1.165) is 25.1 Å². The minimum Gasteiger partial charge on any atom is -0.362 e. The van der Waals surface area contributed by atoms with Crippen LogP contribution in [0.2, 0.25) is 0 Å². The van der Waals surface area contributed by atoms with Gasteiger partial charge < -0.3 is 10.2 Å². The number of fused-ring (bicyclic) bond motifs is 6. The molecule has 106 valence electrons. The Kier molecular flexibility index (Phi) is 2.36. The lowest BCUT2D eigenvalue weighted by atomic mass is 9.97. The van der Waals surface area contributed by atoms with Crippen molar-refractivity contribution in [3.8, 4) is 0 Å². The summed E-state index contributed by atoms with van der Waals surface area (Å²) in [5, 5.41) is 3.43. The van der Waals surface area contributed by atoms with Crippen molar-refractivity contribution < 1.29 is 8.42 Å². The van der Waals surface area contributed by atoms with E-state index in [1.807, 2.05) is 20.2 Å². The molecule has 1 aromatic rings. The highest BCUT2D eigenvalue weighted by Gasteiger charge is 2.39. The second-order valence-corrected chi connectivity index (χ2v) is 7.62. The van der Waals surface area contributed by atoms with E-state index in [1.165, 1.54) is 11.1 Å². The monoisotopic (exact) mass is 291 g/mol. The van der Waals surface area contributed by atoms with Gasteiger partial charge in [0.05, 0.1) is 0 Å². The molecule has 2 unspecified atom stereocenters. The Morgan fingerprint density at radius 2 is 1.85 bits per heavy atom. The molecule has 1 N–H and O–H groups in total. The minimum atomic E-state index is -3.52. The van der Waals surface area contributed by atoms with Gasteiger partial charge in [0.15, 0.2) is 0 Å². The minimum absolute atomic E-state index is 0.382. The Morgan fingerprint density at radius 3 is 2.50 bits per heavy atom. The average molecular weight is 291 g/mol. The Hall–Kier alpha value is -1.40. The van der Waals surface area contributed by atoms with Crippen LogP contribution in [0.4, 0.5) is 0 Å². The SMILES string of the molecule is CN(C)C1=NS(=O)(=O)c2cc3c(cc21)C1CNCC3C1. The number of hydrogen-bond donors (Lipinski definition) is 1. The summed E-state index contributed by atoms with van der Waals surface area (Å²) >= 11 is 0. The van der Waals surface area contributed by atoms with Gasteiger partial charge in [0.25, 0.3) is 10.0 Å². The van der Waals surface area contributed by atoms with Crippen molar-refractivity contribution in [3.05, 3.63) is 28.8 Å². The Bertz CT molecular complexity index is 737. The predicted octanol–water partition coefficient (Wildman–Crippen LogP) is 0.871. The lowest BCUT2D eigenvalue weighted by molar-refractivity contribution is 0.453. The van der Waals surface area contributed by atoms with E-state index < -0.39 is 10.0 Å². The van der Waals surface area contributed by atoms with E-state index in [1.54, 1.807) is 4.90 Å². The number of sulfonamides is 1. The molecule has 2 aliphatic heterocycles. The highest BCUT2D eigenvalue weighted by Crippen LogP contribution is 2.46. The van der Waals surface area contributed by atoms with Crippen LogP contribution in [0.15, 0.2) is 21.4 Å². The molecule has 0 aromatic heterocycles. The molecule has 2 bridgehead atoms. The first-order valence-corrected chi connectivity index (χ1v) is 8.32. The number of piperidine rings is 1. The van der Waals surface area contributed by atoms with Crippen molar-refractivity contribution in [1.29, 1.82) is 0 Å². The molecule has 1 aliphatic carbocycles. The molecule has 1 saturated heterocycles. The van der Waals surface area contributed by atoms with Gasteiger partial charge in [-0.1, -0.05) is 0 Å². The van der Waals surface area contributed by atoms with Crippen molar-refractivity contribution in [2.24, 2.45) is 4.40 Å². The van der Waals surface area contributed by atoms with E-state index in [9.17, 15) is 8.42 Å².